The van der Waals surface area contributed by atoms with Gasteiger partial charge in [0.1, 0.15) is 5.69 Å². The van der Waals surface area contributed by atoms with Crippen molar-refractivity contribution in [1.29, 1.82) is 0 Å². The Kier molecular flexibility index (Phi) is 5.12. The van der Waals surface area contributed by atoms with E-state index in [1.165, 1.54) is 0 Å². The summed E-state index contributed by atoms with van der Waals surface area (Å²) < 4.78 is 8.32. The van der Waals surface area contributed by atoms with Crippen molar-refractivity contribution < 1.29 is 9.53 Å². The fraction of sp³-hybridized carbons (Fsp3) is 0.286. The molecule has 0 aliphatic heterocycles. The highest BCUT2D eigenvalue weighted by molar-refractivity contribution is 9.10. The first-order valence-corrected chi connectivity index (χ1v) is 7.65. The molecule has 0 bridgehead atoms. The average molecular weight is 402 g/mol. The summed E-state index contributed by atoms with van der Waals surface area (Å²) in [4.78, 5) is 12.7. The fourth-order valence-electron chi connectivity index (χ4n) is 1.92. The molecule has 0 aliphatic carbocycles. The molecule has 0 unspecified atom stereocenters. The van der Waals surface area contributed by atoms with Gasteiger partial charge < -0.3 is 4.74 Å². The molecule has 20 heavy (non-hydrogen) atoms. The van der Waals surface area contributed by atoms with Gasteiger partial charge >= 0.3 is 0 Å². The Morgan fingerprint density at radius 1 is 1.35 bits per heavy atom. The lowest BCUT2D eigenvalue weighted by Gasteiger charge is -2.09. The molecule has 0 amide bonds. The number of hydrogen-bond donors (Lipinski definition) is 0. The van der Waals surface area contributed by atoms with Crippen molar-refractivity contribution in [2.75, 3.05) is 13.7 Å². The number of carbonyl (C=O) groups is 1. The van der Waals surface area contributed by atoms with Gasteiger partial charge in [-0.15, -0.1) is 0 Å². The van der Waals surface area contributed by atoms with Crippen LogP contribution in [0, 0.1) is 6.92 Å². The zero-order valence-corrected chi connectivity index (χ0v) is 14.4. The molecule has 1 aromatic heterocycles. The third kappa shape index (κ3) is 3.02. The van der Waals surface area contributed by atoms with Gasteiger partial charge in [-0.25, -0.2) is 0 Å². The fourth-order valence-corrected chi connectivity index (χ4v) is 2.76. The van der Waals surface area contributed by atoms with Gasteiger partial charge in [0, 0.05) is 17.1 Å². The standard InChI is InChI=1S/C14H14Br2N2O2/c1-9-10(4-3-5-11(9)15)14(19)13-12(16)8-17-18(13)6-7-20-2/h3-5,8H,6-7H2,1-2H3. The van der Waals surface area contributed by atoms with E-state index in [0.717, 1.165) is 10.0 Å². The van der Waals surface area contributed by atoms with Gasteiger partial charge in [0.25, 0.3) is 0 Å². The third-order valence-electron chi connectivity index (χ3n) is 3.03. The topological polar surface area (TPSA) is 44.1 Å². The lowest BCUT2D eigenvalue weighted by Crippen LogP contribution is -2.15. The normalized spacial score (nSPS) is 10.8. The van der Waals surface area contributed by atoms with E-state index in [1.807, 2.05) is 25.1 Å². The van der Waals surface area contributed by atoms with E-state index in [1.54, 1.807) is 18.0 Å². The molecule has 1 heterocycles. The summed E-state index contributed by atoms with van der Waals surface area (Å²) in [6, 6.07) is 5.60. The van der Waals surface area contributed by atoms with Crippen molar-refractivity contribution >= 4 is 37.6 Å². The van der Waals surface area contributed by atoms with Crippen molar-refractivity contribution in [2.45, 2.75) is 13.5 Å². The van der Waals surface area contributed by atoms with Crippen molar-refractivity contribution in [3.63, 3.8) is 0 Å². The molecule has 0 radical (unpaired) electrons. The molecule has 2 aromatic rings. The van der Waals surface area contributed by atoms with Crippen LogP contribution < -0.4 is 0 Å². The minimum absolute atomic E-state index is 0.0516. The lowest BCUT2D eigenvalue weighted by atomic mass is 10.0. The molecule has 1 aromatic carbocycles. The van der Waals surface area contributed by atoms with Gasteiger partial charge in [-0.05, 0) is 34.5 Å². The zero-order valence-electron chi connectivity index (χ0n) is 11.2. The van der Waals surface area contributed by atoms with Crippen molar-refractivity contribution in [2.24, 2.45) is 0 Å². The van der Waals surface area contributed by atoms with Crippen LogP contribution in [0.1, 0.15) is 21.6 Å². The van der Waals surface area contributed by atoms with Crippen LogP contribution in [0.25, 0.3) is 0 Å². The van der Waals surface area contributed by atoms with E-state index < -0.39 is 0 Å². The Morgan fingerprint density at radius 3 is 2.80 bits per heavy atom. The summed E-state index contributed by atoms with van der Waals surface area (Å²) in [5.74, 6) is -0.0516. The minimum Gasteiger partial charge on any atom is -0.383 e. The summed E-state index contributed by atoms with van der Waals surface area (Å²) in [6.45, 7) is 2.96. The first kappa shape index (κ1) is 15.4. The quantitative estimate of drug-likeness (QED) is 0.719. The van der Waals surface area contributed by atoms with Crippen LogP contribution >= 0.6 is 31.9 Å². The second-order valence-corrected chi connectivity index (χ2v) is 6.01. The monoisotopic (exact) mass is 400 g/mol. The Hall–Kier alpha value is -0.980. The van der Waals surface area contributed by atoms with Crippen LogP contribution in [-0.4, -0.2) is 29.3 Å². The molecule has 0 atom stereocenters. The predicted octanol–water partition coefficient (Wildman–Crippen LogP) is 3.59. The molecule has 0 saturated carbocycles. The summed E-state index contributed by atoms with van der Waals surface area (Å²) in [6.07, 6.45) is 1.64. The number of halogens is 2. The molecule has 4 nitrogen and oxygen atoms in total. The molecule has 0 fully saturated rings. The van der Waals surface area contributed by atoms with Crippen LogP contribution in [0.4, 0.5) is 0 Å². The SMILES string of the molecule is COCCn1ncc(Br)c1C(=O)c1cccc(Br)c1C. The summed E-state index contributed by atoms with van der Waals surface area (Å²) in [5, 5.41) is 4.21. The first-order chi connectivity index (χ1) is 9.56. The van der Waals surface area contributed by atoms with Crippen molar-refractivity contribution in [3.05, 3.63) is 50.2 Å². The minimum atomic E-state index is -0.0516. The Labute approximate surface area is 134 Å². The van der Waals surface area contributed by atoms with Crippen molar-refractivity contribution in [1.82, 2.24) is 9.78 Å². The third-order valence-corrected chi connectivity index (χ3v) is 4.47. The van der Waals surface area contributed by atoms with Crippen LogP contribution in [0.15, 0.2) is 33.3 Å². The largest absolute Gasteiger partial charge is 0.383 e. The maximum absolute atomic E-state index is 12.7. The maximum Gasteiger partial charge on any atom is 0.212 e. The van der Waals surface area contributed by atoms with Gasteiger partial charge in [-0.2, -0.15) is 5.10 Å². The van der Waals surface area contributed by atoms with E-state index >= 15 is 0 Å². The van der Waals surface area contributed by atoms with Gasteiger partial charge in [0.05, 0.1) is 23.8 Å². The number of ether oxygens (including phenoxy) is 1. The maximum atomic E-state index is 12.7. The highest BCUT2D eigenvalue weighted by Crippen LogP contribution is 2.25. The first-order valence-electron chi connectivity index (χ1n) is 6.06. The zero-order chi connectivity index (χ0) is 14.7. The Morgan fingerprint density at radius 2 is 2.10 bits per heavy atom. The number of methoxy groups -OCH3 is 1. The van der Waals surface area contributed by atoms with E-state index in [-0.39, 0.29) is 5.78 Å². The molecule has 6 heteroatoms. The second-order valence-electron chi connectivity index (χ2n) is 4.30. The molecule has 0 N–H and O–H groups in total. The molecular weight excluding hydrogens is 388 g/mol. The van der Waals surface area contributed by atoms with Gasteiger partial charge in [-0.3, -0.25) is 9.48 Å². The number of nitrogens with zero attached hydrogens (tertiary/aromatic N) is 2. The van der Waals surface area contributed by atoms with Crippen LogP contribution in [0.2, 0.25) is 0 Å². The average Bonchev–Trinajstić information content (AvgIpc) is 2.80. The number of benzene rings is 1. The second kappa shape index (κ2) is 6.65. The molecule has 0 aliphatic rings. The Balaban J connectivity index is 2.43. The highest BCUT2D eigenvalue weighted by atomic mass is 79.9. The summed E-state index contributed by atoms with van der Waals surface area (Å²) in [7, 11) is 1.62. The summed E-state index contributed by atoms with van der Waals surface area (Å²) >= 11 is 6.84. The number of hydrogen-bond acceptors (Lipinski definition) is 3. The molecular formula is C14H14Br2N2O2. The Bertz CT molecular complexity index is 638. The number of rotatable bonds is 5. The van der Waals surface area contributed by atoms with Crippen LogP contribution in [0.5, 0.6) is 0 Å². The van der Waals surface area contributed by atoms with E-state index in [9.17, 15) is 4.79 Å². The van der Waals surface area contributed by atoms with Crippen molar-refractivity contribution in [3.8, 4) is 0 Å². The lowest BCUT2D eigenvalue weighted by molar-refractivity contribution is 0.102. The number of carbonyl (C=O) groups excluding carboxylic acids is 1. The molecule has 0 spiro atoms. The van der Waals surface area contributed by atoms with Gasteiger partial charge in [-0.1, -0.05) is 28.1 Å². The van der Waals surface area contributed by atoms with E-state index in [0.29, 0.717) is 28.9 Å². The van der Waals surface area contributed by atoms with E-state index in [4.69, 9.17) is 4.74 Å². The predicted molar refractivity (Wildman–Crippen MR) is 84.1 cm³/mol. The number of ketones is 1. The van der Waals surface area contributed by atoms with E-state index in [2.05, 4.69) is 37.0 Å². The van der Waals surface area contributed by atoms with Gasteiger partial charge in [0.2, 0.25) is 5.78 Å². The highest BCUT2D eigenvalue weighted by Gasteiger charge is 2.20. The smallest absolute Gasteiger partial charge is 0.212 e. The molecule has 2 rings (SSSR count). The summed E-state index contributed by atoms with van der Waals surface area (Å²) in [5.41, 5.74) is 2.13. The van der Waals surface area contributed by atoms with Gasteiger partial charge in [0.15, 0.2) is 0 Å². The molecule has 106 valence electrons. The molecule has 0 saturated heterocycles. The number of aromatic nitrogens is 2. The van der Waals surface area contributed by atoms with Crippen LogP contribution in [-0.2, 0) is 11.3 Å². The van der Waals surface area contributed by atoms with Crippen LogP contribution in [0.3, 0.4) is 0 Å².